The first-order chi connectivity index (χ1) is 15.5. The minimum Gasteiger partial charge on any atom is -0.487 e. The standard InChI is InChI=1S/C27H36N2O3/c1-3-19-11-12-25-21(15-19)23(17-27(32-25)13-8-14-27)28-18-24(30)22(29-26(31)4-2)16-20-9-6-5-7-10-20/h5-7,9-12,15,22-24,28,30H,3-4,8,13-14,16-18H2,1-2H3,(H,29,31)/t22-,23-,24+/m0/s1. The molecule has 1 amide bonds. The Morgan fingerprint density at radius 1 is 1.16 bits per heavy atom. The van der Waals surface area contributed by atoms with Crippen molar-refractivity contribution >= 4 is 5.91 Å². The van der Waals surface area contributed by atoms with Crippen molar-refractivity contribution < 1.29 is 14.6 Å². The Labute approximate surface area is 191 Å². The second kappa shape index (κ2) is 10.1. The number of hydrogen-bond acceptors (Lipinski definition) is 4. The lowest BCUT2D eigenvalue weighted by atomic mass is 9.72. The van der Waals surface area contributed by atoms with Gasteiger partial charge in [0.05, 0.1) is 12.1 Å². The van der Waals surface area contributed by atoms with Gasteiger partial charge in [-0.2, -0.15) is 0 Å². The summed E-state index contributed by atoms with van der Waals surface area (Å²) in [4.78, 5) is 12.1. The first-order valence-electron chi connectivity index (χ1n) is 12.1. The van der Waals surface area contributed by atoms with Gasteiger partial charge in [0.2, 0.25) is 5.91 Å². The van der Waals surface area contributed by atoms with Crippen molar-refractivity contribution in [2.24, 2.45) is 0 Å². The molecule has 4 rings (SSSR count). The van der Waals surface area contributed by atoms with Crippen LogP contribution in [-0.2, 0) is 17.6 Å². The Kier molecular flexibility index (Phi) is 7.17. The molecule has 2 aliphatic rings. The maximum absolute atomic E-state index is 12.1. The molecule has 1 fully saturated rings. The van der Waals surface area contributed by atoms with Gasteiger partial charge in [-0.3, -0.25) is 4.79 Å². The van der Waals surface area contributed by atoms with E-state index in [0.29, 0.717) is 19.4 Å². The highest BCUT2D eigenvalue weighted by Crippen LogP contribution is 2.49. The third kappa shape index (κ3) is 5.16. The van der Waals surface area contributed by atoms with E-state index < -0.39 is 6.10 Å². The number of aliphatic hydroxyl groups excluding tert-OH is 1. The molecular formula is C27H36N2O3. The van der Waals surface area contributed by atoms with Gasteiger partial charge < -0.3 is 20.5 Å². The van der Waals surface area contributed by atoms with Crippen molar-refractivity contribution in [2.75, 3.05) is 6.54 Å². The first-order valence-corrected chi connectivity index (χ1v) is 12.1. The summed E-state index contributed by atoms with van der Waals surface area (Å²) in [5.41, 5.74) is 3.52. The molecule has 5 heteroatoms. The highest BCUT2D eigenvalue weighted by molar-refractivity contribution is 5.75. The molecule has 1 aliphatic heterocycles. The molecule has 2 aromatic carbocycles. The third-order valence-corrected chi connectivity index (χ3v) is 7.03. The molecule has 3 N–H and O–H groups in total. The zero-order chi connectivity index (χ0) is 22.6. The lowest BCUT2D eigenvalue weighted by Gasteiger charge is -2.48. The maximum Gasteiger partial charge on any atom is 0.220 e. The van der Waals surface area contributed by atoms with E-state index in [1.54, 1.807) is 0 Å². The third-order valence-electron chi connectivity index (χ3n) is 7.03. The molecule has 0 unspecified atom stereocenters. The molecule has 0 radical (unpaired) electrons. The van der Waals surface area contributed by atoms with E-state index in [9.17, 15) is 9.90 Å². The highest BCUT2D eigenvalue weighted by Gasteiger charge is 2.45. The summed E-state index contributed by atoms with van der Waals surface area (Å²) < 4.78 is 6.43. The number of aliphatic hydroxyl groups is 1. The average Bonchev–Trinajstić information content (AvgIpc) is 2.80. The topological polar surface area (TPSA) is 70.6 Å². The van der Waals surface area contributed by atoms with E-state index in [4.69, 9.17) is 4.74 Å². The number of carbonyl (C=O) groups excluding carboxylic acids is 1. The minimum atomic E-state index is -0.691. The predicted molar refractivity (Wildman–Crippen MR) is 127 cm³/mol. The number of hydrogen-bond donors (Lipinski definition) is 3. The molecule has 5 nitrogen and oxygen atoms in total. The maximum atomic E-state index is 12.1. The summed E-state index contributed by atoms with van der Waals surface area (Å²) in [5, 5.41) is 17.7. The first kappa shape index (κ1) is 22.8. The van der Waals surface area contributed by atoms with Crippen LogP contribution in [0.4, 0.5) is 0 Å². The number of fused-ring (bicyclic) bond motifs is 1. The minimum absolute atomic E-state index is 0.0394. The Bertz CT molecular complexity index is 910. The number of carbonyl (C=O) groups is 1. The Balaban J connectivity index is 1.48. The molecule has 2 aromatic rings. The normalized spacial score (nSPS) is 20.5. The van der Waals surface area contributed by atoms with Gasteiger partial charge >= 0.3 is 0 Å². The Hall–Kier alpha value is -2.37. The summed E-state index contributed by atoms with van der Waals surface area (Å²) >= 11 is 0. The van der Waals surface area contributed by atoms with E-state index >= 15 is 0 Å². The number of rotatable bonds is 9. The van der Waals surface area contributed by atoms with Gasteiger partial charge in [0.15, 0.2) is 0 Å². The van der Waals surface area contributed by atoms with Crippen LogP contribution in [0.5, 0.6) is 5.75 Å². The van der Waals surface area contributed by atoms with Gasteiger partial charge in [0, 0.05) is 31.0 Å². The molecule has 0 saturated heterocycles. The predicted octanol–water partition coefficient (Wildman–Crippen LogP) is 4.08. The summed E-state index contributed by atoms with van der Waals surface area (Å²) in [7, 11) is 0. The number of aryl methyl sites for hydroxylation is 1. The van der Waals surface area contributed by atoms with Crippen LogP contribution in [0.1, 0.15) is 68.7 Å². The van der Waals surface area contributed by atoms with Crippen molar-refractivity contribution in [2.45, 2.75) is 82.6 Å². The Morgan fingerprint density at radius 3 is 2.59 bits per heavy atom. The van der Waals surface area contributed by atoms with Crippen molar-refractivity contribution in [3.63, 3.8) is 0 Å². The van der Waals surface area contributed by atoms with Gasteiger partial charge in [-0.15, -0.1) is 0 Å². The zero-order valence-electron chi connectivity index (χ0n) is 19.3. The fourth-order valence-electron chi connectivity index (χ4n) is 4.86. The largest absolute Gasteiger partial charge is 0.487 e. The fourth-order valence-corrected chi connectivity index (χ4v) is 4.86. The van der Waals surface area contributed by atoms with Gasteiger partial charge in [0.1, 0.15) is 11.4 Å². The fraction of sp³-hybridized carbons (Fsp3) is 0.519. The molecule has 1 aliphatic carbocycles. The van der Waals surface area contributed by atoms with Crippen LogP contribution in [0.25, 0.3) is 0 Å². The number of benzene rings is 2. The molecule has 3 atom stereocenters. The number of nitrogens with one attached hydrogen (secondary N) is 2. The van der Waals surface area contributed by atoms with Gasteiger partial charge in [0.25, 0.3) is 0 Å². The second-order valence-corrected chi connectivity index (χ2v) is 9.31. The van der Waals surface area contributed by atoms with Gasteiger partial charge in [-0.25, -0.2) is 0 Å². The van der Waals surface area contributed by atoms with Crippen molar-refractivity contribution in [1.29, 1.82) is 0 Å². The van der Waals surface area contributed by atoms with E-state index in [1.807, 2.05) is 37.3 Å². The average molecular weight is 437 g/mol. The van der Waals surface area contributed by atoms with E-state index in [2.05, 4.69) is 35.8 Å². The van der Waals surface area contributed by atoms with Gasteiger partial charge in [-0.05, 0) is 49.3 Å². The lowest BCUT2D eigenvalue weighted by molar-refractivity contribution is -0.122. The van der Waals surface area contributed by atoms with Gasteiger partial charge in [-0.1, -0.05) is 56.3 Å². The molecule has 172 valence electrons. The summed E-state index contributed by atoms with van der Waals surface area (Å²) in [6, 6.07) is 16.3. The van der Waals surface area contributed by atoms with Crippen molar-refractivity contribution in [3.8, 4) is 5.75 Å². The lowest BCUT2D eigenvalue weighted by Crippen LogP contribution is -2.52. The van der Waals surface area contributed by atoms with E-state index in [1.165, 1.54) is 17.5 Å². The SMILES string of the molecule is CCC(=O)N[C@@H](Cc1ccccc1)[C@H](O)CN[C@H]1CC2(CCC2)Oc2ccc(CC)cc21. The van der Waals surface area contributed by atoms with E-state index in [-0.39, 0.29) is 23.6 Å². The van der Waals surface area contributed by atoms with Crippen LogP contribution in [0.3, 0.4) is 0 Å². The van der Waals surface area contributed by atoms with Crippen LogP contribution in [-0.4, -0.2) is 35.3 Å². The van der Waals surface area contributed by atoms with Crippen LogP contribution < -0.4 is 15.4 Å². The van der Waals surface area contributed by atoms with Crippen LogP contribution >= 0.6 is 0 Å². The smallest absolute Gasteiger partial charge is 0.220 e. The summed E-state index contributed by atoms with van der Waals surface area (Å²) in [5.74, 6) is 0.933. The summed E-state index contributed by atoms with van der Waals surface area (Å²) in [6.45, 7) is 4.41. The Morgan fingerprint density at radius 2 is 1.94 bits per heavy atom. The molecule has 0 bridgehead atoms. The number of ether oxygens (including phenoxy) is 1. The quantitative estimate of drug-likeness (QED) is 0.554. The van der Waals surface area contributed by atoms with Crippen LogP contribution in [0, 0.1) is 0 Å². The molecule has 1 heterocycles. The van der Waals surface area contributed by atoms with Crippen molar-refractivity contribution in [1.82, 2.24) is 10.6 Å². The number of amides is 1. The van der Waals surface area contributed by atoms with Crippen LogP contribution in [0.15, 0.2) is 48.5 Å². The van der Waals surface area contributed by atoms with Crippen LogP contribution in [0.2, 0.25) is 0 Å². The summed E-state index contributed by atoms with van der Waals surface area (Å²) in [6.07, 6.45) is 5.60. The van der Waals surface area contributed by atoms with E-state index in [0.717, 1.165) is 37.0 Å². The monoisotopic (exact) mass is 436 g/mol. The molecule has 32 heavy (non-hydrogen) atoms. The molecule has 1 spiro atoms. The molecule has 0 aromatic heterocycles. The van der Waals surface area contributed by atoms with Crippen molar-refractivity contribution in [3.05, 3.63) is 65.2 Å². The highest BCUT2D eigenvalue weighted by atomic mass is 16.5. The molecular weight excluding hydrogens is 400 g/mol. The zero-order valence-corrected chi connectivity index (χ0v) is 19.3. The molecule has 1 saturated carbocycles. The second-order valence-electron chi connectivity index (χ2n) is 9.31.